The lowest BCUT2D eigenvalue weighted by molar-refractivity contribution is 0.385. The second-order valence-electron chi connectivity index (χ2n) is 4.68. The monoisotopic (exact) mass is 311 g/mol. The minimum absolute atomic E-state index is 0.166. The maximum atomic E-state index is 13.8. The SMILES string of the molecule is CNC(Cc1cc(Cl)ccc1F)c1ccc(F)c(OC)c1. The van der Waals surface area contributed by atoms with Crippen molar-refractivity contribution >= 4 is 11.6 Å². The summed E-state index contributed by atoms with van der Waals surface area (Å²) in [5, 5.41) is 3.58. The van der Waals surface area contributed by atoms with E-state index in [2.05, 4.69) is 5.32 Å². The van der Waals surface area contributed by atoms with E-state index in [0.29, 0.717) is 17.0 Å². The van der Waals surface area contributed by atoms with Crippen LogP contribution >= 0.6 is 11.6 Å². The topological polar surface area (TPSA) is 21.3 Å². The van der Waals surface area contributed by atoms with Crippen molar-refractivity contribution in [1.29, 1.82) is 0 Å². The minimum Gasteiger partial charge on any atom is -0.494 e. The predicted octanol–water partition coefficient (Wildman–Crippen LogP) is 4.13. The van der Waals surface area contributed by atoms with E-state index in [1.165, 1.54) is 25.3 Å². The van der Waals surface area contributed by atoms with Crippen molar-refractivity contribution in [3.05, 3.63) is 64.2 Å². The molecule has 0 radical (unpaired) electrons. The third-order valence-electron chi connectivity index (χ3n) is 3.36. The summed E-state index contributed by atoms with van der Waals surface area (Å²) in [5.74, 6) is -0.571. The lowest BCUT2D eigenvalue weighted by atomic mass is 9.98. The van der Waals surface area contributed by atoms with Crippen LogP contribution in [0.15, 0.2) is 36.4 Å². The normalized spacial score (nSPS) is 12.2. The fraction of sp³-hybridized carbons (Fsp3) is 0.250. The zero-order valence-electron chi connectivity index (χ0n) is 11.8. The van der Waals surface area contributed by atoms with Gasteiger partial charge in [0, 0.05) is 11.1 Å². The molecule has 0 spiro atoms. The quantitative estimate of drug-likeness (QED) is 0.896. The smallest absolute Gasteiger partial charge is 0.165 e. The Morgan fingerprint density at radius 2 is 1.86 bits per heavy atom. The molecular formula is C16H16ClF2NO. The maximum Gasteiger partial charge on any atom is 0.165 e. The lowest BCUT2D eigenvalue weighted by Crippen LogP contribution is -2.19. The number of hydrogen-bond acceptors (Lipinski definition) is 2. The zero-order chi connectivity index (χ0) is 15.4. The first-order valence-corrected chi connectivity index (χ1v) is 6.87. The molecule has 2 nitrogen and oxygen atoms in total. The second-order valence-corrected chi connectivity index (χ2v) is 5.11. The Hall–Kier alpha value is -1.65. The fourth-order valence-electron chi connectivity index (χ4n) is 2.20. The van der Waals surface area contributed by atoms with Gasteiger partial charge in [0.1, 0.15) is 5.82 Å². The molecule has 0 saturated heterocycles. The molecule has 1 atom stereocenters. The molecule has 5 heteroatoms. The van der Waals surface area contributed by atoms with Crippen LogP contribution in [0.25, 0.3) is 0 Å². The Labute approximate surface area is 127 Å². The van der Waals surface area contributed by atoms with Crippen LogP contribution in [0.4, 0.5) is 8.78 Å². The summed E-state index contributed by atoms with van der Waals surface area (Å²) in [5.41, 5.74) is 1.32. The van der Waals surface area contributed by atoms with Gasteiger partial charge in [-0.05, 0) is 54.9 Å². The average Bonchev–Trinajstić information content (AvgIpc) is 2.49. The van der Waals surface area contributed by atoms with Gasteiger partial charge >= 0.3 is 0 Å². The van der Waals surface area contributed by atoms with Gasteiger partial charge in [-0.25, -0.2) is 8.78 Å². The van der Waals surface area contributed by atoms with Gasteiger partial charge in [-0.1, -0.05) is 17.7 Å². The zero-order valence-corrected chi connectivity index (χ0v) is 12.5. The summed E-state index contributed by atoms with van der Waals surface area (Å²) < 4.78 is 32.3. The number of nitrogens with one attached hydrogen (secondary N) is 1. The van der Waals surface area contributed by atoms with Crippen LogP contribution in [-0.4, -0.2) is 14.2 Å². The van der Waals surface area contributed by atoms with E-state index in [1.54, 1.807) is 25.2 Å². The van der Waals surface area contributed by atoms with Gasteiger partial charge in [0.2, 0.25) is 0 Å². The Morgan fingerprint density at radius 1 is 1.14 bits per heavy atom. The molecule has 2 rings (SSSR count). The molecule has 0 bridgehead atoms. The second kappa shape index (κ2) is 6.87. The molecule has 0 aliphatic rings. The first kappa shape index (κ1) is 15.7. The first-order chi connectivity index (χ1) is 10.0. The molecule has 1 unspecified atom stereocenters. The van der Waals surface area contributed by atoms with Crippen molar-refractivity contribution in [2.75, 3.05) is 14.2 Å². The van der Waals surface area contributed by atoms with Gasteiger partial charge < -0.3 is 10.1 Å². The number of likely N-dealkylation sites (N-methyl/N-ethyl adjacent to an activating group) is 1. The largest absolute Gasteiger partial charge is 0.494 e. The Bertz CT molecular complexity index is 634. The molecule has 2 aromatic carbocycles. The van der Waals surface area contributed by atoms with E-state index < -0.39 is 5.82 Å². The van der Waals surface area contributed by atoms with E-state index in [1.807, 2.05) is 0 Å². The number of ether oxygens (including phenoxy) is 1. The molecular weight excluding hydrogens is 296 g/mol. The van der Waals surface area contributed by atoms with E-state index in [4.69, 9.17) is 16.3 Å². The molecule has 112 valence electrons. The summed E-state index contributed by atoms with van der Waals surface area (Å²) in [6.45, 7) is 0. The highest BCUT2D eigenvalue weighted by Crippen LogP contribution is 2.26. The molecule has 0 heterocycles. The van der Waals surface area contributed by atoms with Crippen LogP contribution in [-0.2, 0) is 6.42 Å². The molecule has 0 saturated carbocycles. The van der Waals surface area contributed by atoms with Gasteiger partial charge in [-0.2, -0.15) is 0 Å². The summed E-state index contributed by atoms with van der Waals surface area (Å²) >= 11 is 5.90. The molecule has 2 aromatic rings. The molecule has 0 aliphatic carbocycles. The highest BCUT2D eigenvalue weighted by atomic mass is 35.5. The third-order valence-corrected chi connectivity index (χ3v) is 3.59. The standard InChI is InChI=1S/C16H16ClF2NO/c1-20-15(8-11-7-12(17)4-6-13(11)18)10-3-5-14(19)16(9-10)21-2/h3-7,9,15,20H,8H2,1-2H3. The molecule has 21 heavy (non-hydrogen) atoms. The number of methoxy groups -OCH3 is 1. The molecule has 1 N–H and O–H groups in total. The third kappa shape index (κ3) is 3.71. The van der Waals surface area contributed by atoms with Crippen LogP contribution in [0.1, 0.15) is 17.2 Å². The first-order valence-electron chi connectivity index (χ1n) is 6.49. The van der Waals surface area contributed by atoms with E-state index >= 15 is 0 Å². The van der Waals surface area contributed by atoms with Gasteiger partial charge in [-0.15, -0.1) is 0 Å². The number of rotatable bonds is 5. The van der Waals surface area contributed by atoms with Crippen LogP contribution in [0.3, 0.4) is 0 Å². The van der Waals surface area contributed by atoms with Crippen LogP contribution in [0, 0.1) is 11.6 Å². The van der Waals surface area contributed by atoms with Crippen molar-refractivity contribution in [2.45, 2.75) is 12.5 Å². The predicted molar refractivity (Wildman–Crippen MR) is 79.9 cm³/mol. The number of benzene rings is 2. The van der Waals surface area contributed by atoms with Crippen molar-refractivity contribution in [3.63, 3.8) is 0 Å². The highest BCUT2D eigenvalue weighted by molar-refractivity contribution is 6.30. The van der Waals surface area contributed by atoms with E-state index in [0.717, 1.165) is 5.56 Å². The molecule has 0 amide bonds. The van der Waals surface area contributed by atoms with Crippen molar-refractivity contribution in [2.24, 2.45) is 0 Å². The summed E-state index contributed by atoms with van der Waals surface area (Å²) in [4.78, 5) is 0. The average molecular weight is 312 g/mol. The van der Waals surface area contributed by atoms with E-state index in [-0.39, 0.29) is 17.6 Å². The van der Waals surface area contributed by atoms with Crippen LogP contribution < -0.4 is 10.1 Å². The molecule has 0 aliphatic heterocycles. The summed E-state index contributed by atoms with van der Waals surface area (Å²) in [6.07, 6.45) is 0.400. The van der Waals surface area contributed by atoms with Gasteiger partial charge in [-0.3, -0.25) is 0 Å². The molecule has 0 aromatic heterocycles. The molecule has 0 fully saturated rings. The van der Waals surface area contributed by atoms with Crippen LogP contribution in [0.2, 0.25) is 5.02 Å². The van der Waals surface area contributed by atoms with Gasteiger partial charge in [0.05, 0.1) is 7.11 Å². The highest BCUT2D eigenvalue weighted by Gasteiger charge is 2.15. The Balaban J connectivity index is 2.29. The Kier molecular flexibility index (Phi) is 5.15. The Morgan fingerprint density at radius 3 is 2.52 bits per heavy atom. The van der Waals surface area contributed by atoms with Crippen LogP contribution in [0.5, 0.6) is 5.75 Å². The van der Waals surface area contributed by atoms with Crippen molar-refractivity contribution in [1.82, 2.24) is 5.32 Å². The summed E-state index contributed by atoms with van der Waals surface area (Å²) in [6, 6.07) is 8.88. The minimum atomic E-state index is -0.426. The van der Waals surface area contributed by atoms with E-state index in [9.17, 15) is 8.78 Å². The fourth-order valence-corrected chi connectivity index (χ4v) is 2.39. The van der Waals surface area contributed by atoms with Crippen molar-refractivity contribution in [3.8, 4) is 5.75 Å². The van der Waals surface area contributed by atoms with Crippen molar-refractivity contribution < 1.29 is 13.5 Å². The lowest BCUT2D eigenvalue weighted by Gasteiger charge is -2.18. The number of halogens is 3. The van der Waals surface area contributed by atoms with Gasteiger partial charge in [0.15, 0.2) is 11.6 Å². The summed E-state index contributed by atoms with van der Waals surface area (Å²) in [7, 11) is 3.18. The van der Waals surface area contributed by atoms with Gasteiger partial charge in [0.25, 0.3) is 0 Å². The maximum absolute atomic E-state index is 13.8. The number of hydrogen-bond donors (Lipinski definition) is 1.